The summed E-state index contributed by atoms with van der Waals surface area (Å²) in [6.45, 7) is 3.98. The highest BCUT2D eigenvalue weighted by molar-refractivity contribution is 7.99. The molecular weight excluding hydrogens is 214 g/mol. The van der Waals surface area contributed by atoms with Gasteiger partial charge in [0.1, 0.15) is 5.82 Å². The SMILES string of the molecule is CCOC(=O)CSc1nc(C)cc(N)n1. The summed E-state index contributed by atoms with van der Waals surface area (Å²) in [6, 6.07) is 1.68. The number of carbonyl (C=O) groups is 1. The minimum Gasteiger partial charge on any atom is -0.465 e. The van der Waals surface area contributed by atoms with Crippen molar-refractivity contribution in [1.29, 1.82) is 0 Å². The predicted molar refractivity (Wildman–Crippen MR) is 58.5 cm³/mol. The number of rotatable bonds is 4. The Balaban J connectivity index is 2.54. The molecule has 0 aliphatic carbocycles. The van der Waals surface area contributed by atoms with Crippen LogP contribution in [0.2, 0.25) is 0 Å². The van der Waals surface area contributed by atoms with E-state index in [1.165, 1.54) is 11.8 Å². The first-order chi connectivity index (χ1) is 7.11. The number of hydrogen-bond donors (Lipinski definition) is 1. The Morgan fingerprint density at radius 1 is 1.60 bits per heavy atom. The molecule has 5 nitrogen and oxygen atoms in total. The lowest BCUT2D eigenvalue weighted by Crippen LogP contribution is -2.07. The molecule has 1 rings (SSSR count). The van der Waals surface area contributed by atoms with Crippen molar-refractivity contribution in [3.05, 3.63) is 11.8 Å². The first-order valence-electron chi connectivity index (χ1n) is 4.51. The topological polar surface area (TPSA) is 78.1 Å². The van der Waals surface area contributed by atoms with E-state index in [1.807, 2.05) is 6.92 Å². The van der Waals surface area contributed by atoms with E-state index >= 15 is 0 Å². The van der Waals surface area contributed by atoms with Crippen LogP contribution in [0.4, 0.5) is 5.82 Å². The smallest absolute Gasteiger partial charge is 0.316 e. The Morgan fingerprint density at radius 3 is 2.93 bits per heavy atom. The normalized spacial score (nSPS) is 10.0. The van der Waals surface area contributed by atoms with E-state index in [2.05, 4.69) is 9.97 Å². The van der Waals surface area contributed by atoms with Gasteiger partial charge < -0.3 is 10.5 Å². The number of aromatic nitrogens is 2. The molecule has 0 spiro atoms. The number of carbonyl (C=O) groups excluding carboxylic acids is 1. The van der Waals surface area contributed by atoms with Crippen molar-refractivity contribution in [3.8, 4) is 0 Å². The molecule has 0 aliphatic rings. The third-order valence-electron chi connectivity index (χ3n) is 1.48. The van der Waals surface area contributed by atoms with Crippen molar-refractivity contribution < 1.29 is 9.53 Å². The van der Waals surface area contributed by atoms with E-state index in [1.54, 1.807) is 13.0 Å². The van der Waals surface area contributed by atoms with Crippen LogP contribution in [0.15, 0.2) is 11.2 Å². The fraction of sp³-hybridized carbons (Fsp3) is 0.444. The van der Waals surface area contributed by atoms with Crippen LogP contribution in [0.5, 0.6) is 0 Å². The Bertz CT molecular complexity index is 337. The third-order valence-corrected chi connectivity index (χ3v) is 2.30. The standard InChI is InChI=1S/C9H13N3O2S/c1-3-14-8(13)5-15-9-11-6(2)4-7(10)12-9/h4H,3,5H2,1-2H3,(H2,10,11,12). The molecule has 2 N–H and O–H groups in total. The number of aryl methyl sites for hydroxylation is 1. The zero-order chi connectivity index (χ0) is 11.3. The average molecular weight is 227 g/mol. The molecule has 0 aliphatic heterocycles. The number of nitrogen functional groups attached to an aromatic ring is 1. The minimum absolute atomic E-state index is 0.205. The van der Waals surface area contributed by atoms with E-state index in [0.29, 0.717) is 17.6 Å². The van der Waals surface area contributed by atoms with Crippen molar-refractivity contribution in [2.24, 2.45) is 0 Å². The van der Waals surface area contributed by atoms with Crippen LogP contribution in [0, 0.1) is 6.92 Å². The molecular formula is C9H13N3O2S. The maximum absolute atomic E-state index is 11.1. The summed E-state index contributed by atoms with van der Waals surface area (Å²) in [6.07, 6.45) is 0. The van der Waals surface area contributed by atoms with Gasteiger partial charge in [0.2, 0.25) is 0 Å². The second kappa shape index (κ2) is 5.55. The summed E-state index contributed by atoms with van der Waals surface area (Å²) in [4.78, 5) is 19.2. The lowest BCUT2D eigenvalue weighted by atomic mass is 10.4. The molecule has 0 atom stereocenters. The highest BCUT2D eigenvalue weighted by atomic mass is 32.2. The van der Waals surface area contributed by atoms with Crippen molar-refractivity contribution >= 4 is 23.5 Å². The predicted octanol–water partition coefficient (Wildman–Crippen LogP) is 1.02. The zero-order valence-corrected chi connectivity index (χ0v) is 9.50. The van der Waals surface area contributed by atoms with Crippen LogP contribution >= 0.6 is 11.8 Å². The van der Waals surface area contributed by atoms with Crippen LogP contribution < -0.4 is 5.73 Å². The van der Waals surface area contributed by atoms with E-state index in [0.717, 1.165) is 5.69 Å². The molecule has 0 fully saturated rings. The summed E-state index contributed by atoms with van der Waals surface area (Å²) < 4.78 is 4.78. The van der Waals surface area contributed by atoms with Crippen LogP contribution in [-0.4, -0.2) is 28.3 Å². The summed E-state index contributed by atoms with van der Waals surface area (Å²) in [5.41, 5.74) is 6.33. The highest BCUT2D eigenvalue weighted by Crippen LogP contribution is 2.14. The van der Waals surface area contributed by atoms with Gasteiger partial charge in [-0.05, 0) is 13.8 Å². The van der Waals surface area contributed by atoms with Gasteiger partial charge in [-0.3, -0.25) is 4.79 Å². The Kier molecular flexibility index (Phi) is 4.36. The van der Waals surface area contributed by atoms with Crippen LogP contribution in [0.3, 0.4) is 0 Å². The van der Waals surface area contributed by atoms with Gasteiger partial charge in [-0.2, -0.15) is 0 Å². The van der Waals surface area contributed by atoms with Gasteiger partial charge in [-0.25, -0.2) is 9.97 Å². The lowest BCUT2D eigenvalue weighted by Gasteiger charge is -2.02. The Morgan fingerprint density at radius 2 is 2.33 bits per heavy atom. The van der Waals surface area contributed by atoms with Gasteiger partial charge in [0.15, 0.2) is 5.16 Å². The first kappa shape index (κ1) is 11.8. The summed E-state index contributed by atoms with van der Waals surface area (Å²) in [5.74, 6) is 0.344. The van der Waals surface area contributed by atoms with Gasteiger partial charge in [0.05, 0.1) is 12.4 Å². The van der Waals surface area contributed by atoms with E-state index in [9.17, 15) is 4.79 Å². The largest absolute Gasteiger partial charge is 0.465 e. The summed E-state index contributed by atoms with van der Waals surface area (Å²) in [5, 5.41) is 0.501. The number of esters is 1. The summed E-state index contributed by atoms with van der Waals surface area (Å²) in [7, 11) is 0. The number of ether oxygens (including phenoxy) is 1. The average Bonchev–Trinajstić information content (AvgIpc) is 2.14. The number of hydrogen-bond acceptors (Lipinski definition) is 6. The molecule has 1 heterocycles. The second-order valence-corrected chi connectivity index (χ2v) is 3.75. The number of thioether (sulfide) groups is 1. The van der Waals surface area contributed by atoms with E-state index in [4.69, 9.17) is 10.5 Å². The number of nitrogens with zero attached hydrogens (tertiary/aromatic N) is 2. The Labute approximate surface area is 92.4 Å². The highest BCUT2D eigenvalue weighted by Gasteiger charge is 2.06. The van der Waals surface area contributed by atoms with Crippen molar-refractivity contribution in [2.75, 3.05) is 18.1 Å². The summed E-state index contributed by atoms with van der Waals surface area (Å²) >= 11 is 1.22. The molecule has 82 valence electrons. The fourth-order valence-corrected chi connectivity index (χ4v) is 1.66. The number of anilines is 1. The van der Waals surface area contributed by atoms with Gasteiger partial charge in [0.25, 0.3) is 0 Å². The molecule has 0 aromatic carbocycles. The molecule has 0 saturated heterocycles. The molecule has 15 heavy (non-hydrogen) atoms. The monoisotopic (exact) mass is 227 g/mol. The maximum atomic E-state index is 11.1. The lowest BCUT2D eigenvalue weighted by molar-refractivity contribution is -0.139. The van der Waals surface area contributed by atoms with Gasteiger partial charge in [0, 0.05) is 11.8 Å². The maximum Gasteiger partial charge on any atom is 0.316 e. The molecule has 0 unspecified atom stereocenters. The molecule has 0 radical (unpaired) electrons. The van der Waals surface area contributed by atoms with Gasteiger partial charge >= 0.3 is 5.97 Å². The van der Waals surface area contributed by atoms with E-state index < -0.39 is 0 Å². The Hall–Kier alpha value is -1.30. The van der Waals surface area contributed by atoms with Crippen LogP contribution in [-0.2, 0) is 9.53 Å². The molecule has 0 saturated carbocycles. The minimum atomic E-state index is -0.272. The van der Waals surface area contributed by atoms with Crippen molar-refractivity contribution in [3.63, 3.8) is 0 Å². The van der Waals surface area contributed by atoms with E-state index in [-0.39, 0.29) is 11.7 Å². The molecule has 6 heteroatoms. The molecule has 0 bridgehead atoms. The van der Waals surface area contributed by atoms with Crippen molar-refractivity contribution in [2.45, 2.75) is 19.0 Å². The second-order valence-electron chi connectivity index (χ2n) is 2.81. The molecule has 1 aromatic rings. The fourth-order valence-electron chi connectivity index (χ4n) is 0.956. The van der Waals surface area contributed by atoms with Crippen LogP contribution in [0.25, 0.3) is 0 Å². The third kappa shape index (κ3) is 4.16. The quantitative estimate of drug-likeness (QED) is 0.470. The molecule has 0 amide bonds. The zero-order valence-electron chi connectivity index (χ0n) is 8.69. The van der Waals surface area contributed by atoms with Crippen LogP contribution in [0.1, 0.15) is 12.6 Å². The van der Waals surface area contributed by atoms with Gasteiger partial charge in [-0.1, -0.05) is 11.8 Å². The van der Waals surface area contributed by atoms with Crippen molar-refractivity contribution in [1.82, 2.24) is 9.97 Å². The van der Waals surface area contributed by atoms with Gasteiger partial charge in [-0.15, -0.1) is 0 Å². The first-order valence-corrected chi connectivity index (χ1v) is 5.50. The number of nitrogens with two attached hydrogens (primary N) is 1. The molecule has 1 aromatic heterocycles.